The molecule has 0 spiro atoms. The highest BCUT2D eigenvalue weighted by Crippen LogP contribution is 2.18. The first kappa shape index (κ1) is 15.6. The van der Waals surface area contributed by atoms with Gasteiger partial charge in [-0.2, -0.15) is 0 Å². The second-order valence-corrected chi connectivity index (χ2v) is 6.15. The number of aromatic nitrogens is 2. The van der Waals surface area contributed by atoms with Crippen LogP contribution in [0.15, 0.2) is 42.6 Å². The van der Waals surface area contributed by atoms with Crippen molar-refractivity contribution in [2.45, 2.75) is 26.8 Å². The van der Waals surface area contributed by atoms with Crippen molar-refractivity contribution in [3.63, 3.8) is 0 Å². The van der Waals surface area contributed by atoms with Crippen LogP contribution >= 0.6 is 11.6 Å². The van der Waals surface area contributed by atoms with Gasteiger partial charge >= 0.3 is 0 Å². The fourth-order valence-corrected chi connectivity index (χ4v) is 2.81. The summed E-state index contributed by atoms with van der Waals surface area (Å²) in [5.74, 6) is -0.132. The fraction of sp³-hybridized carbons (Fsp3) is 0.222. The maximum absolute atomic E-state index is 12.6. The van der Waals surface area contributed by atoms with Crippen LogP contribution in [-0.4, -0.2) is 15.3 Å². The van der Waals surface area contributed by atoms with E-state index in [1.165, 1.54) is 0 Å². The van der Waals surface area contributed by atoms with Crippen LogP contribution in [0.3, 0.4) is 0 Å². The molecule has 3 rings (SSSR count). The summed E-state index contributed by atoms with van der Waals surface area (Å²) in [5, 5.41) is 3.70. The average molecular weight is 328 g/mol. The third-order valence-corrected chi connectivity index (χ3v) is 4.15. The molecule has 4 nitrogen and oxygen atoms in total. The molecule has 0 saturated carbocycles. The van der Waals surface area contributed by atoms with Crippen molar-refractivity contribution < 1.29 is 4.79 Å². The molecule has 0 aliphatic heterocycles. The zero-order chi connectivity index (χ0) is 16.6. The molecular weight excluding hydrogens is 310 g/mol. The highest BCUT2D eigenvalue weighted by atomic mass is 35.5. The van der Waals surface area contributed by atoms with Gasteiger partial charge in [0.05, 0.1) is 11.6 Å². The first-order valence-corrected chi connectivity index (χ1v) is 7.85. The molecule has 118 valence electrons. The SMILES string of the molecule is Cc1cc(C)n2ccc(C(=O)N[C@@H](C)c3ccc(Cl)cc3)c2n1. The summed E-state index contributed by atoms with van der Waals surface area (Å²) in [6, 6.07) is 11.2. The minimum absolute atomic E-state index is 0.111. The molecule has 0 radical (unpaired) electrons. The molecule has 3 aromatic rings. The van der Waals surface area contributed by atoms with E-state index in [9.17, 15) is 4.79 Å². The Labute approximate surface area is 140 Å². The molecule has 5 heteroatoms. The quantitative estimate of drug-likeness (QED) is 0.787. The van der Waals surface area contributed by atoms with Crippen molar-refractivity contribution in [2.24, 2.45) is 0 Å². The molecule has 0 bridgehead atoms. The van der Waals surface area contributed by atoms with Crippen molar-refractivity contribution in [3.8, 4) is 0 Å². The third-order valence-electron chi connectivity index (χ3n) is 3.90. The van der Waals surface area contributed by atoms with Crippen molar-refractivity contribution in [1.82, 2.24) is 14.7 Å². The summed E-state index contributed by atoms with van der Waals surface area (Å²) in [4.78, 5) is 17.1. The first-order chi connectivity index (χ1) is 11.0. The van der Waals surface area contributed by atoms with Gasteiger partial charge in [0.15, 0.2) is 0 Å². The van der Waals surface area contributed by atoms with Crippen molar-refractivity contribution in [1.29, 1.82) is 0 Å². The van der Waals surface area contributed by atoms with Crippen LogP contribution in [0.5, 0.6) is 0 Å². The van der Waals surface area contributed by atoms with Gasteiger partial charge in [-0.05, 0) is 50.6 Å². The van der Waals surface area contributed by atoms with Gasteiger partial charge in [-0.1, -0.05) is 23.7 Å². The number of nitrogens with one attached hydrogen (secondary N) is 1. The van der Waals surface area contributed by atoms with E-state index in [4.69, 9.17) is 11.6 Å². The van der Waals surface area contributed by atoms with Crippen molar-refractivity contribution in [3.05, 3.63) is 70.1 Å². The van der Waals surface area contributed by atoms with Crippen LogP contribution in [0.1, 0.15) is 40.3 Å². The molecule has 1 amide bonds. The largest absolute Gasteiger partial charge is 0.345 e. The Bertz CT molecular complexity index is 868. The van der Waals surface area contributed by atoms with E-state index in [2.05, 4.69) is 10.3 Å². The van der Waals surface area contributed by atoms with E-state index in [-0.39, 0.29) is 11.9 Å². The van der Waals surface area contributed by atoms with Gasteiger partial charge in [-0.3, -0.25) is 4.79 Å². The summed E-state index contributed by atoms with van der Waals surface area (Å²) in [5.41, 5.74) is 4.22. The fourth-order valence-electron chi connectivity index (χ4n) is 2.68. The van der Waals surface area contributed by atoms with Crippen LogP contribution < -0.4 is 5.32 Å². The Morgan fingerprint density at radius 3 is 2.61 bits per heavy atom. The van der Waals surface area contributed by atoms with E-state index >= 15 is 0 Å². The molecule has 2 aromatic heterocycles. The van der Waals surface area contributed by atoms with Gasteiger partial charge in [0, 0.05) is 22.6 Å². The van der Waals surface area contributed by atoms with Crippen LogP contribution in [0.25, 0.3) is 5.65 Å². The maximum atomic E-state index is 12.6. The van der Waals surface area contributed by atoms with Crippen molar-refractivity contribution in [2.75, 3.05) is 0 Å². The summed E-state index contributed by atoms with van der Waals surface area (Å²) in [7, 11) is 0. The molecule has 0 saturated heterocycles. The number of carbonyl (C=O) groups excluding carboxylic acids is 1. The molecule has 1 aromatic carbocycles. The zero-order valence-electron chi connectivity index (χ0n) is 13.3. The minimum atomic E-state index is -0.132. The van der Waals surface area contributed by atoms with E-state index in [1.54, 1.807) is 6.07 Å². The smallest absolute Gasteiger partial charge is 0.255 e. The van der Waals surface area contributed by atoms with Gasteiger partial charge in [-0.25, -0.2) is 4.98 Å². The van der Waals surface area contributed by atoms with E-state index in [0.717, 1.165) is 17.0 Å². The third kappa shape index (κ3) is 3.08. The van der Waals surface area contributed by atoms with Gasteiger partial charge in [0.2, 0.25) is 0 Å². The summed E-state index contributed by atoms with van der Waals surface area (Å²) < 4.78 is 1.93. The molecule has 1 atom stereocenters. The predicted molar refractivity (Wildman–Crippen MR) is 92.0 cm³/mol. The van der Waals surface area contributed by atoms with Gasteiger partial charge in [0.1, 0.15) is 5.65 Å². The number of carbonyl (C=O) groups is 1. The van der Waals surface area contributed by atoms with Crippen LogP contribution in [-0.2, 0) is 0 Å². The number of aryl methyl sites for hydroxylation is 2. The second kappa shape index (κ2) is 6.05. The van der Waals surface area contributed by atoms with Crippen LogP contribution in [0.4, 0.5) is 0 Å². The molecule has 0 aliphatic carbocycles. The van der Waals surface area contributed by atoms with Gasteiger partial charge < -0.3 is 9.72 Å². The maximum Gasteiger partial charge on any atom is 0.255 e. The summed E-state index contributed by atoms with van der Waals surface area (Å²) in [6.07, 6.45) is 1.87. The normalized spacial score (nSPS) is 12.3. The van der Waals surface area contributed by atoms with Crippen molar-refractivity contribution >= 4 is 23.2 Å². The molecule has 0 aliphatic rings. The highest BCUT2D eigenvalue weighted by Gasteiger charge is 2.16. The Morgan fingerprint density at radius 1 is 1.22 bits per heavy atom. The highest BCUT2D eigenvalue weighted by molar-refractivity contribution is 6.30. The zero-order valence-corrected chi connectivity index (χ0v) is 14.1. The molecule has 1 N–H and O–H groups in total. The topological polar surface area (TPSA) is 46.4 Å². The second-order valence-electron chi connectivity index (χ2n) is 5.71. The summed E-state index contributed by atoms with van der Waals surface area (Å²) >= 11 is 5.90. The van der Waals surface area contributed by atoms with Gasteiger partial charge in [0.25, 0.3) is 5.91 Å². The van der Waals surface area contributed by atoms with E-state index in [1.807, 2.05) is 61.7 Å². The lowest BCUT2D eigenvalue weighted by atomic mass is 10.1. The summed E-state index contributed by atoms with van der Waals surface area (Å²) in [6.45, 7) is 5.88. The van der Waals surface area contributed by atoms with E-state index in [0.29, 0.717) is 16.2 Å². The predicted octanol–water partition coefficient (Wildman–Crippen LogP) is 4.10. The Balaban J connectivity index is 1.87. The lowest BCUT2D eigenvalue weighted by Gasteiger charge is -2.14. The molecule has 0 unspecified atom stereocenters. The van der Waals surface area contributed by atoms with Crippen LogP contribution in [0.2, 0.25) is 5.02 Å². The molecule has 0 fully saturated rings. The number of fused-ring (bicyclic) bond motifs is 1. The molecular formula is C18H18ClN3O. The number of halogens is 1. The number of nitrogens with zero attached hydrogens (tertiary/aromatic N) is 2. The number of rotatable bonds is 3. The lowest BCUT2D eigenvalue weighted by Crippen LogP contribution is -2.26. The molecule has 23 heavy (non-hydrogen) atoms. The lowest BCUT2D eigenvalue weighted by molar-refractivity contribution is 0.0941. The standard InChI is InChI=1S/C18H18ClN3O/c1-11-10-12(2)22-9-8-16(17(22)20-11)18(23)21-13(3)14-4-6-15(19)7-5-14/h4-10,13H,1-3H3,(H,21,23)/t13-/m0/s1. The number of amides is 1. The Morgan fingerprint density at radius 2 is 1.91 bits per heavy atom. The minimum Gasteiger partial charge on any atom is -0.345 e. The van der Waals surface area contributed by atoms with E-state index < -0.39 is 0 Å². The molecule has 2 heterocycles. The number of hydrogen-bond donors (Lipinski definition) is 1. The van der Waals surface area contributed by atoms with Crippen LogP contribution in [0, 0.1) is 13.8 Å². The number of hydrogen-bond acceptors (Lipinski definition) is 2. The number of benzene rings is 1. The van der Waals surface area contributed by atoms with Gasteiger partial charge in [-0.15, -0.1) is 0 Å². The monoisotopic (exact) mass is 327 g/mol. The first-order valence-electron chi connectivity index (χ1n) is 7.47. The Hall–Kier alpha value is -2.33. The average Bonchev–Trinajstić information content (AvgIpc) is 2.91. The Kier molecular flexibility index (Phi) is 4.09.